The van der Waals surface area contributed by atoms with Crippen LogP contribution in [0.25, 0.3) is 22.2 Å². The summed E-state index contributed by atoms with van der Waals surface area (Å²) in [5.74, 6) is -0.979. The number of aromatic amines is 1. The summed E-state index contributed by atoms with van der Waals surface area (Å²) >= 11 is 0.798. The minimum Gasteiger partial charge on any atom is -0.396 e. The van der Waals surface area contributed by atoms with Crippen molar-refractivity contribution in [2.24, 2.45) is 5.92 Å². The van der Waals surface area contributed by atoms with Crippen LogP contribution in [0.2, 0.25) is 0 Å². The van der Waals surface area contributed by atoms with Gasteiger partial charge in [0.1, 0.15) is 47.6 Å². The Labute approximate surface area is 259 Å². The first-order valence-corrected chi connectivity index (χ1v) is 17.2. The predicted octanol–water partition coefficient (Wildman–Crippen LogP) is -0.193. The van der Waals surface area contributed by atoms with Gasteiger partial charge in [-0.1, -0.05) is 5.21 Å². The summed E-state index contributed by atoms with van der Waals surface area (Å²) in [6.07, 6.45) is -10.2. The van der Waals surface area contributed by atoms with E-state index in [1.165, 1.54) is 6.92 Å². The molecule has 248 valence electrons. The maximum Gasteiger partial charge on any atom is 0.472 e. The van der Waals surface area contributed by atoms with E-state index >= 15 is 4.39 Å². The number of phosphoric ester groups is 2. The molecular formula is C21H24FN9O12P2S. The number of hydrogen-bond donors (Lipinski definition) is 5. The number of rotatable bonds is 3. The van der Waals surface area contributed by atoms with Crippen molar-refractivity contribution in [3.05, 3.63) is 27.4 Å². The molecule has 0 amide bonds. The maximum absolute atomic E-state index is 16.0. The third-order valence-electron chi connectivity index (χ3n) is 7.58. The van der Waals surface area contributed by atoms with Crippen molar-refractivity contribution < 1.29 is 56.0 Å². The molecule has 3 aliphatic heterocycles. The maximum atomic E-state index is 16.0. The normalized spacial score (nSPS) is 37.2. The molecule has 0 spiro atoms. The van der Waals surface area contributed by atoms with E-state index in [1.54, 1.807) is 0 Å². The van der Waals surface area contributed by atoms with E-state index in [2.05, 4.69) is 34.6 Å². The third kappa shape index (κ3) is 5.55. The van der Waals surface area contributed by atoms with Crippen LogP contribution in [0, 0.1) is 12.8 Å². The molecule has 7 rings (SSSR count). The fourth-order valence-corrected chi connectivity index (χ4v) is 8.30. The smallest absolute Gasteiger partial charge is 0.396 e. The van der Waals surface area contributed by atoms with Gasteiger partial charge in [-0.05, 0) is 18.5 Å². The lowest BCUT2D eigenvalue weighted by atomic mass is 9.99. The Morgan fingerprint density at radius 2 is 1.80 bits per heavy atom. The van der Waals surface area contributed by atoms with Gasteiger partial charge >= 0.3 is 15.6 Å². The van der Waals surface area contributed by atoms with Crippen LogP contribution in [0.4, 0.5) is 10.2 Å². The molecule has 21 nitrogen and oxygen atoms in total. The second-order valence-corrected chi connectivity index (χ2v) is 14.1. The molecule has 0 radical (unpaired) electrons. The molecule has 4 aromatic heterocycles. The van der Waals surface area contributed by atoms with Crippen molar-refractivity contribution in [2.75, 3.05) is 25.6 Å². The van der Waals surface area contributed by atoms with Crippen LogP contribution >= 0.6 is 27.2 Å². The Balaban J connectivity index is 1.22. The highest BCUT2D eigenvalue weighted by Gasteiger charge is 2.55. The van der Waals surface area contributed by atoms with Gasteiger partial charge in [-0.3, -0.25) is 22.9 Å². The fourth-order valence-electron chi connectivity index (χ4n) is 5.49. The standard InChI is InChI=1S/C21H24FN9O12P2S/c1-6-26-19-13(20(33)27-6)28-30-31(19)21-14-7(2-32)8(41-21)3-38-45(36,37)43-15-9(4-39-44(34,35)42-14)40-16(10(15)22)17-11-12(29-46-17)18(23)25-5-24-11/h5,7-10,14-16,21,32H,2-4H2,1H3,(H,34,35)(H,36,37)(H2,23,24,25)(H,26,27,33)/t7-,8-,9-,10-,14-,15-,16-,21-/m1/s1. The predicted molar refractivity (Wildman–Crippen MR) is 149 cm³/mol. The lowest BCUT2D eigenvalue weighted by Gasteiger charge is -2.25. The number of aliphatic hydroxyl groups excluding tert-OH is 1. The number of phosphoric acid groups is 2. The van der Waals surface area contributed by atoms with Crippen molar-refractivity contribution in [1.29, 1.82) is 0 Å². The summed E-state index contributed by atoms with van der Waals surface area (Å²) in [7, 11) is -10.2. The summed E-state index contributed by atoms with van der Waals surface area (Å²) in [5.41, 5.74) is 5.27. The average Bonchev–Trinajstić information content (AvgIpc) is 3.75. The number of aliphatic hydroxyl groups is 1. The second-order valence-electron chi connectivity index (χ2n) is 10.5. The second kappa shape index (κ2) is 11.6. The van der Waals surface area contributed by atoms with E-state index < -0.39 is 89.9 Å². The van der Waals surface area contributed by atoms with Crippen LogP contribution in [0.1, 0.15) is 23.0 Å². The quantitative estimate of drug-likeness (QED) is 0.172. The first kappa shape index (κ1) is 31.7. The Hall–Kier alpha value is -2.92. The van der Waals surface area contributed by atoms with Crippen LogP contribution in [0.3, 0.4) is 0 Å². The lowest BCUT2D eigenvalue weighted by Crippen LogP contribution is -2.34. The van der Waals surface area contributed by atoms with E-state index in [4.69, 9.17) is 33.3 Å². The first-order chi connectivity index (χ1) is 21.9. The molecule has 4 aromatic rings. The van der Waals surface area contributed by atoms with Crippen LogP contribution in [0.5, 0.6) is 0 Å². The van der Waals surface area contributed by atoms with Gasteiger partial charge in [0.05, 0.1) is 30.8 Å². The van der Waals surface area contributed by atoms with Crippen molar-refractivity contribution in [3.63, 3.8) is 0 Å². The number of hydrogen-bond acceptors (Lipinski definition) is 18. The van der Waals surface area contributed by atoms with Gasteiger partial charge in [0.25, 0.3) is 5.56 Å². The molecule has 2 unspecified atom stereocenters. The van der Waals surface area contributed by atoms with Crippen molar-refractivity contribution in [1.82, 2.24) is 39.3 Å². The highest BCUT2D eigenvalue weighted by Crippen LogP contribution is 2.55. The van der Waals surface area contributed by atoms with E-state index in [-0.39, 0.29) is 38.7 Å². The van der Waals surface area contributed by atoms with Gasteiger partial charge in [-0.15, -0.1) is 5.10 Å². The SMILES string of the molecule is Cc1nc2c(nnn2[C@@H]2O[C@@H]3COP(=O)(O)O[C@H]4[C@@H](F)[C@H](c5snc6c(N)ncnc56)O[C@@H]4COP(=O)(O)O[C@@H]2[C@@H]3CO)c(=O)[nH]1. The molecule has 10 atom stereocenters. The number of H-pyrrole nitrogens is 1. The van der Waals surface area contributed by atoms with Crippen molar-refractivity contribution >= 4 is 55.2 Å². The number of alkyl halides is 1. The molecule has 0 saturated carbocycles. The number of aryl methyl sites for hydroxylation is 1. The zero-order valence-corrected chi connectivity index (χ0v) is 25.8. The van der Waals surface area contributed by atoms with Crippen LogP contribution in [0.15, 0.2) is 11.1 Å². The highest BCUT2D eigenvalue weighted by molar-refractivity contribution is 7.47. The number of nitrogens with two attached hydrogens (primary N) is 1. The fraction of sp³-hybridized carbons (Fsp3) is 0.571. The van der Waals surface area contributed by atoms with Crippen molar-refractivity contribution in [3.8, 4) is 0 Å². The van der Waals surface area contributed by atoms with Crippen LogP contribution in [-0.2, 0) is 36.7 Å². The number of halogens is 1. The number of nitrogens with one attached hydrogen (secondary N) is 1. The van der Waals surface area contributed by atoms with Crippen LogP contribution in [-0.4, -0.2) is 105 Å². The molecule has 25 heteroatoms. The summed E-state index contributed by atoms with van der Waals surface area (Å²) in [6, 6.07) is 0. The summed E-state index contributed by atoms with van der Waals surface area (Å²) in [5, 5.41) is 17.9. The molecular weight excluding hydrogens is 683 g/mol. The molecule has 46 heavy (non-hydrogen) atoms. The molecule has 6 N–H and O–H groups in total. The van der Waals surface area contributed by atoms with Gasteiger partial charge in [0.2, 0.25) is 0 Å². The van der Waals surface area contributed by atoms with E-state index in [1.807, 2.05) is 0 Å². The minimum absolute atomic E-state index is 0.0302. The number of anilines is 1. The monoisotopic (exact) mass is 707 g/mol. The van der Waals surface area contributed by atoms with Gasteiger partial charge in [-0.25, -0.2) is 28.5 Å². The third-order valence-corrected chi connectivity index (χ3v) is 10.4. The largest absolute Gasteiger partial charge is 0.472 e. The van der Waals surface area contributed by atoms with Crippen molar-refractivity contribution in [2.45, 2.75) is 49.8 Å². The highest BCUT2D eigenvalue weighted by atomic mass is 32.1. The number of nitrogen functional groups attached to an aromatic ring is 1. The van der Waals surface area contributed by atoms with Gasteiger partial charge in [0, 0.05) is 5.92 Å². The lowest BCUT2D eigenvalue weighted by molar-refractivity contribution is -0.0674. The molecule has 3 fully saturated rings. The molecule has 0 aliphatic carbocycles. The summed E-state index contributed by atoms with van der Waals surface area (Å²) in [6.45, 7) is -0.880. The van der Waals surface area contributed by atoms with Gasteiger partial charge in [0.15, 0.2) is 29.4 Å². The number of fused-ring (bicyclic) bond motifs is 5. The molecule has 3 aliphatic rings. The van der Waals surface area contributed by atoms with Gasteiger partial charge in [-0.2, -0.15) is 9.06 Å². The first-order valence-electron chi connectivity index (χ1n) is 13.4. The molecule has 7 heterocycles. The zero-order valence-electron chi connectivity index (χ0n) is 23.2. The van der Waals surface area contributed by atoms with E-state index in [0.717, 1.165) is 22.5 Å². The number of nitrogens with zero attached hydrogens (tertiary/aromatic N) is 7. The van der Waals surface area contributed by atoms with Gasteiger partial charge < -0.3 is 35.1 Å². The molecule has 0 aromatic carbocycles. The Bertz CT molecular complexity index is 1960. The zero-order chi connectivity index (χ0) is 32.5. The molecule has 2 bridgehead atoms. The Kier molecular flexibility index (Phi) is 8.02. The molecule has 3 saturated heterocycles. The Morgan fingerprint density at radius 3 is 2.54 bits per heavy atom. The summed E-state index contributed by atoms with van der Waals surface area (Å²) < 4.78 is 80.2. The number of ether oxygens (including phenoxy) is 2. The van der Waals surface area contributed by atoms with E-state index in [0.29, 0.717) is 0 Å². The topological polar surface area (TPSA) is 291 Å². The average molecular weight is 707 g/mol. The Morgan fingerprint density at radius 1 is 1.09 bits per heavy atom. The number of aromatic nitrogens is 8. The minimum atomic E-state index is -5.11. The summed E-state index contributed by atoms with van der Waals surface area (Å²) in [4.78, 5) is 48.5. The van der Waals surface area contributed by atoms with Crippen LogP contribution < -0.4 is 11.3 Å². The van der Waals surface area contributed by atoms with E-state index in [9.17, 15) is 28.8 Å².